The average Bonchev–Trinajstić information content (AvgIpc) is 3.56. The Bertz CT molecular complexity index is 1440. The number of para-hydroxylation sites is 1. The molecule has 2 fully saturated rings. The van der Waals surface area contributed by atoms with Crippen LogP contribution < -0.4 is 27.0 Å². The quantitative estimate of drug-likeness (QED) is 0.103. The molecule has 0 spiro atoms. The Kier molecular flexibility index (Phi) is 13.7. The van der Waals surface area contributed by atoms with E-state index >= 15 is 0 Å². The molecule has 1 atom stereocenters. The van der Waals surface area contributed by atoms with Crippen molar-refractivity contribution in [3.05, 3.63) is 36.2 Å². The third kappa shape index (κ3) is 11.1. The molecule has 14 heteroatoms. The lowest BCUT2D eigenvalue weighted by molar-refractivity contribution is -0.139. The number of nitrogens with one attached hydrogen (secondary N) is 4. The number of carboxylic acid groups (broad SMARTS) is 1. The Morgan fingerprint density at radius 3 is 2.56 bits per heavy atom. The second-order valence-corrected chi connectivity index (χ2v) is 13.1. The summed E-state index contributed by atoms with van der Waals surface area (Å²) in [5.41, 5.74) is 7.41. The van der Waals surface area contributed by atoms with Crippen molar-refractivity contribution in [1.82, 2.24) is 40.5 Å². The van der Waals surface area contributed by atoms with Crippen LogP contribution in [0.25, 0.3) is 10.9 Å². The van der Waals surface area contributed by atoms with Crippen molar-refractivity contribution in [2.45, 2.75) is 102 Å². The Hall–Kier alpha value is -3.88. The number of carbonyl (C=O) groups is 2. The predicted molar refractivity (Wildman–Crippen MR) is 187 cm³/mol. The van der Waals surface area contributed by atoms with Crippen LogP contribution in [0.4, 0.5) is 11.8 Å². The minimum absolute atomic E-state index is 0.0519. The maximum Gasteiger partial charge on any atom is 0.320 e. The SMILES string of the molecule is NC(CCC(=O)N1CCC(Nc2nc(NCCn3cc(CCCNCCCNC4CCCCC4)nn3)nc3ccccc23)CC1)C(=O)O. The molecular weight excluding hydrogens is 610 g/mol. The molecule has 3 aromatic rings. The van der Waals surface area contributed by atoms with Crippen LogP contribution in [-0.2, 0) is 22.6 Å². The molecule has 0 radical (unpaired) electrons. The van der Waals surface area contributed by atoms with Gasteiger partial charge in [0.25, 0.3) is 0 Å². The minimum Gasteiger partial charge on any atom is -0.480 e. The van der Waals surface area contributed by atoms with Crippen molar-refractivity contribution < 1.29 is 14.7 Å². The Balaban J connectivity index is 1.01. The van der Waals surface area contributed by atoms with E-state index in [0.29, 0.717) is 32.1 Å². The fourth-order valence-corrected chi connectivity index (χ4v) is 6.48. The monoisotopic (exact) mass is 663 g/mol. The molecule has 1 aromatic carbocycles. The van der Waals surface area contributed by atoms with Gasteiger partial charge in [0.1, 0.15) is 11.9 Å². The summed E-state index contributed by atoms with van der Waals surface area (Å²) >= 11 is 0. The maximum atomic E-state index is 12.6. The highest BCUT2D eigenvalue weighted by Crippen LogP contribution is 2.25. The van der Waals surface area contributed by atoms with E-state index in [1.807, 2.05) is 35.1 Å². The second-order valence-electron chi connectivity index (χ2n) is 13.1. The van der Waals surface area contributed by atoms with Crippen molar-refractivity contribution in [2.24, 2.45) is 5.73 Å². The molecule has 3 heterocycles. The summed E-state index contributed by atoms with van der Waals surface area (Å²) < 4.78 is 1.86. The molecule has 48 heavy (non-hydrogen) atoms. The minimum atomic E-state index is -1.08. The van der Waals surface area contributed by atoms with Gasteiger partial charge in [0.05, 0.1) is 17.8 Å². The van der Waals surface area contributed by atoms with Gasteiger partial charge in [-0.2, -0.15) is 4.98 Å². The molecule has 2 aliphatic rings. The third-order valence-electron chi connectivity index (χ3n) is 9.34. The first-order valence-electron chi connectivity index (χ1n) is 17.8. The first-order chi connectivity index (χ1) is 23.4. The van der Waals surface area contributed by atoms with Crippen molar-refractivity contribution in [2.75, 3.05) is 49.9 Å². The summed E-state index contributed by atoms with van der Waals surface area (Å²) in [6, 6.07) is 7.79. The number of aromatic nitrogens is 5. The predicted octanol–water partition coefficient (Wildman–Crippen LogP) is 2.76. The molecule has 5 rings (SSSR count). The molecule has 1 aliphatic heterocycles. The highest BCUT2D eigenvalue weighted by molar-refractivity contribution is 5.90. The summed E-state index contributed by atoms with van der Waals surface area (Å²) in [4.78, 5) is 34.9. The van der Waals surface area contributed by atoms with E-state index < -0.39 is 12.0 Å². The first-order valence-corrected chi connectivity index (χ1v) is 17.8. The van der Waals surface area contributed by atoms with Crippen LogP contribution in [0.5, 0.6) is 0 Å². The van der Waals surface area contributed by atoms with Crippen LogP contribution in [0.3, 0.4) is 0 Å². The van der Waals surface area contributed by atoms with Crippen LogP contribution in [0.15, 0.2) is 30.5 Å². The number of amides is 1. The van der Waals surface area contributed by atoms with Gasteiger partial charge in [-0.1, -0.05) is 36.6 Å². The molecule has 1 unspecified atom stereocenters. The number of aliphatic carboxylic acids is 1. The lowest BCUT2D eigenvalue weighted by Gasteiger charge is -2.33. The number of likely N-dealkylation sites (tertiary alicyclic amines) is 1. The smallest absolute Gasteiger partial charge is 0.320 e. The van der Waals surface area contributed by atoms with Crippen LogP contribution >= 0.6 is 0 Å². The highest BCUT2D eigenvalue weighted by Gasteiger charge is 2.25. The largest absolute Gasteiger partial charge is 0.480 e. The van der Waals surface area contributed by atoms with Gasteiger partial charge >= 0.3 is 5.97 Å². The Labute approximate surface area is 283 Å². The number of aryl methyl sites for hydroxylation is 1. The van der Waals surface area contributed by atoms with Gasteiger partial charge < -0.3 is 37.0 Å². The number of benzene rings is 1. The van der Waals surface area contributed by atoms with Gasteiger partial charge in [-0.25, -0.2) is 4.98 Å². The van der Waals surface area contributed by atoms with Crippen molar-refractivity contribution in [3.8, 4) is 0 Å². The standard InChI is InChI=1S/C34H53N11O3/c35-29(33(47)48)13-14-31(46)44-21-15-26(16-22-44)39-32-28-11-4-5-12-30(28)40-34(41-32)38-20-23-45-24-27(42-43-45)10-6-17-36-18-7-19-37-25-8-2-1-3-9-25/h4-5,11-12,24-26,29,36-37H,1-3,6-10,13-23,35H2,(H,47,48)(H2,38,39,40,41). The highest BCUT2D eigenvalue weighted by atomic mass is 16.4. The number of rotatable bonds is 19. The first kappa shape index (κ1) is 35.4. The van der Waals surface area contributed by atoms with E-state index in [1.165, 1.54) is 32.1 Å². The van der Waals surface area contributed by atoms with Crippen LogP contribution in [0, 0.1) is 0 Å². The summed E-state index contributed by atoms with van der Waals surface area (Å²) in [5, 5.41) is 32.8. The molecule has 14 nitrogen and oxygen atoms in total. The van der Waals surface area contributed by atoms with E-state index in [4.69, 9.17) is 20.8 Å². The lowest BCUT2D eigenvalue weighted by atomic mass is 9.95. The van der Waals surface area contributed by atoms with E-state index in [0.717, 1.165) is 80.2 Å². The number of nitrogens with two attached hydrogens (primary N) is 1. The fraction of sp³-hybridized carbons (Fsp3) is 0.647. The number of carboxylic acids is 1. The van der Waals surface area contributed by atoms with Crippen LogP contribution in [0.1, 0.15) is 76.3 Å². The second kappa shape index (κ2) is 18.6. The van der Waals surface area contributed by atoms with E-state index in [2.05, 4.69) is 31.6 Å². The summed E-state index contributed by atoms with van der Waals surface area (Å²) in [6.45, 7) is 5.56. The van der Waals surface area contributed by atoms with Gasteiger partial charge in [-0.05, 0) is 83.1 Å². The van der Waals surface area contributed by atoms with Gasteiger partial charge in [0.2, 0.25) is 11.9 Å². The summed E-state index contributed by atoms with van der Waals surface area (Å²) in [6.07, 6.45) is 13.7. The van der Waals surface area contributed by atoms with Gasteiger partial charge in [0, 0.05) is 49.7 Å². The Morgan fingerprint density at radius 1 is 0.958 bits per heavy atom. The number of anilines is 2. The molecule has 1 aliphatic carbocycles. The van der Waals surface area contributed by atoms with E-state index in [1.54, 1.807) is 4.90 Å². The van der Waals surface area contributed by atoms with Gasteiger partial charge in [0.15, 0.2) is 0 Å². The number of carbonyl (C=O) groups excluding carboxylic acids is 1. The number of fused-ring (bicyclic) bond motifs is 1. The van der Waals surface area contributed by atoms with E-state index in [9.17, 15) is 9.59 Å². The Morgan fingerprint density at radius 2 is 1.75 bits per heavy atom. The van der Waals surface area contributed by atoms with Crippen molar-refractivity contribution in [3.63, 3.8) is 0 Å². The van der Waals surface area contributed by atoms with Crippen molar-refractivity contribution in [1.29, 1.82) is 0 Å². The fourth-order valence-electron chi connectivity index (χ4n) is 6.48. The molecule has 1 saturated heterocycles. The summed E-state index contributed by atoms with van der Waals surface area (Å²) in [7, 11) is 0. The van der Waals surface area contributed by atoms with Crippen LogP contribution in [0.2, 0.25) is 0 Å². The normalized spacial score (nSPS) is 16.6. The van der Waals surface area contributed by atoms with Crippen LogP contribution in [-0.4, -0.2) is 104 Å². The van der Waals surface area contributed by atoms with Gasteiger partial charge in [-0.3, -0.25) is 14.3 Å². The zero-order chi connectivity index (χ0) is 33.6. The maximum absolute atomic E-state index is 12.6. The number of hydrogen-bond acceptors (Lipinski definition) is 11. The lowest BCUT2D eigenvalue weighted by Crippen LogP contribution is -2.43. The molecular formula is C34H53N11O3. The molecule has 262 valence electrons. The average molecular weight is 664 g/mol. The topological polar surface area (TPSA) is 188 Å². The molecule has 2 aromatic heterocycles. The molecule has 1 amide bonds. The van der Waals surface area contributed by atoms with Gasteiger partial charge in [-0.15, -0.1) is 5.10 Å². The molecule has 1 saturated carbocycles. The number of hydrogen-bond donors (Lipinski definition) is 6. The zero-order valence-electron chi connectivity index (χ0n) is 28.1. The molecule has 7 N–H and O–H groups in total. The summed E-state index contributed by atoms with van der Waals surface area (Å²) in [5.74, 6) is 0.169. The number of piperidine rings is 1. The third-order valence-corrected chi connectivity index (χ3v) is 9.34. The number of nitrogens with zero attached hydrogens (tertiary/aromatic N) is 6. The zero-order valence-corrected chi connectivity index (χ0v) is 28.1. The molecule has 0 bridgehead atoms. The van der Waals surface area contributed by atoms with Crippen molar-refractivity contribution >= 4 is 34.5 Å². The van der Waals surface area contributed by atoms with E-state index in [-0.39, 0.29) is 24.8 Å².